The number of carbonyl (C=O) groups is 1. The Kier molecular flexibility index (Phi) is 5.03. The summed E-state index contributed by atoms with van der Waals surface area (Å²) in [6, 6.07) is 15.6. The summed E-state index contributed by atoms with van der Waals surface area (Å²) in [5, 5.41) is 8.57. The van der Waals surface area contributed by atoms with Gasteiger partial charge in [-0.25, -0.2) is 9.67 Å². The van der Waals surface area contributed by atoms with Crippen LogP contribution in [0.1, 0.15) is 21.5 Å². The molecular formula is C24H22N6O2. The van der Waals surface area contributed by atoms with Gasteiger partial charge < -0.3 is 10.3 Å². The van der Waals surface area contributed by atoms with Gasteiger partial charge in [-0.15, -0.1) is 0 Å². The van der Waals surface area contributed by atoms with Crippen LogP contribution < -0.4 is 10.9 Å². The van der Waals surface area contributed by atoms with Gasteiger partial charge in [-0.2, -0.15) is 5.10 Å². The Morgan fingerprint density at radius 3 is 2.78 bits per heavy atom. The Balaban J connectivity index is 1.30. The summed E-state index contributed by atoms with van der Waals surface area (Å²) in [6.45, 7) is 3.25. The third kappa shape index (κ3) is 3.56. The normalized spacial score (nSPS) is 11.3. The zero-order valence-electron chi connectivity index (χ0n) is 17.6. The largest absolute Gasteiger partial charge is 0.360 e. The number of fused-ring (bicyclic) bond motifs is 2. The summed E-state index contributed by atoms with van der Waals surface area (Å²) in [5.41, 5.74) is 4.10. The van der Waals surface area contributed by atoms with Gasteiger partial charge in [0.1, 0.15) is 11.7 Å². The van der Waals surface area contributed by atoms with Crippen LogP contribution in [-0.4, -0.2) is 36.8 Å². The molecule has 8 nitrogen and oxygen atoms in total. The number of hydrogen-bond donors (Lipinski definition) is 2. The Bertz CT molecular complexity index is 1490. The summed E-state index contributed by atoms with van der Waals surface area (Å²) in [6.07, 6.45) is 4.81. The highest BCUT2D eigenvalue weighted by Crippen LogP contribution is 2.17. The molecule has 0 saturated heterocycles. The lowest BCUT2D eigenvalue weighted by Gasteiger charge is -2.09. The lowest BCUT2D eigenvalue weighted by atomic mass is 10.1. The first-order valence-electron chi connectivity index (χ1n) is 10.4. The number of aryl methyl sites for hydroxylation is 1. The molecule has 5 rings (SSSR count). The first kappa shape index (κ1) is 19.7. The fraction of sp³-hybridized carbons (Fsp3) is 0.167. The molecule has 2 N–H and O–H groups in total. The predicted molar refractivity (Wildman–Crippen MR) is 123 cm³/mol. The van der Waals surface area contributed by atoms with Crippen molar-refractivity contribution in [3.63, 3.8) is 0 Å². The summed E-state index contributed by atoms with van der Waals surface area (Å²) in [7, 11) is 0. The second kappa shape index (κ2) is 8.14. The van der Waals surface area contributed by atoms with E-state index < -0.39 is 0 Å². The van der Waals surface area contributed by atoms with Crippen LogP contribution in [0, 0.1) is 6.92 Å². The van der Waals surface area contributed by atoms with Gasteiger partial charge in [0.15, 0.2) is 5.65 Å². The molecule has 8 heteroatoms. The molecule has 0 aliphatic heterocycles. The maximum Gasteiger partial charge on any atom is 0.264 e. The van der Waals surface area contributed by atoms with Crippen molar-refractivity contribution in [3.8, 4) is 0 Å². The number of nitrogens with one attached hydrogen (secondary N) is 2. The van der Waals surface area contributed by atoms with Crippen LogP contribution in [0.3, 0.4) is 0 Å². The number of aromatic amines is 1. The molecule has 2 aromatic carbocycles. The minimum atomic E-state index is -0.160. The molecular weight excluding hydrogens is 404 g/mol. The molecule has 3 heterocycles. The van der Waals surface area contributed by atoms with E-state index in [0.29, 0.717) is 36.2 Å². The van der Waals surface area contributed by atoms with E-state index in [1.165, 1.54) is 0 Å². The van der Waals surface area contributed by atoms with Crippen LogP contribution in [0.15, 0.2) is 72.0 Å². The molecule has 0 aliphatic rings. The number of rotatable bonds is 6. The molecule has 32 heavy (non-hydrogen) atoms. The average molecular weight is 426 g/mol. The van der Waals surface area contributed by atoms with Crippen molar-refractivity contribution in [1.29, 1.82) is 0 Å². The first-order chi connectivity index (χ1) is 15.6. The van der Waals surface area contributed by atoms with Crippen molar-refractivity contribution in [2.45, 2.75) is 20.0 Å². The van der Waals surface area contributed by atoms with Crippen molar-refractivity contribution < 1.29 is 4.79 Å². The number of nitrogens with zero attached hydrogens (tertiary/aromatic N) is 4. The number of amides is 1. The van der Waals surface area contributed by atoms with Gasteiger partial charge in [0.25, 0.3) is 11.5 Å². The minimum absolute atomic E-state index is 0.132. The van der Waals surface area contributed by atoms with Crippen LogP contribution >= 0.6 is 0 Å². The van der Waals surface area contributed by atoms with E-state index in [2.05, 4.69) is 20.4 Å². The zero-order chi connectivity index (χ0) is 22.1. The van der Waals surface area contributed by atoms with Crippen molar-refractivity contribution in [2.24, 2.45) is 0 Å². The van der Waals surface area contributed by atoms with Crippen molar-refractivity contribution in [1.82, 2.24) is 29.6 Å². The van der Waals surface area contributed by atoms with Gasteiger partial charge in [0, 0.05) is 23.6 Å². The highest BCUT2D eigenvalue weighted by Gasteiger charge is 2.13. The quantitative estimate of drug-likeness (QED) is 0.436. The van der Waals surface area contributed by atoms with Gasteiger partial charge in [0.2, 0.25) is 0 Å². The summed E-state index contributed by atoms with van der Waals surface area (Å²) < 4.78 is 3.24. The monoisotopic (exact) mass is 426 g/mol. The lowest BCUT2D eigenvalue weighted by Crippen LogP contribution is -2.27. The van der Waals surface area contributed by atoms with E-state index in [9.17, 15) is 9.59 Å². The third-order valence-electron chi connectivity index (χ3n) is 5.67. The van der Waals surface area contributed by atoms with Crippen molar-refractivity contribution in [2.75, 3.05) is 6.54 Å². The van der Waals surface area contributed by atoms with Crippen LogP contribution in [-0.2, 0) is 13.1 Å². The summed E-state index contributed by atoms with van der Waals surface area (Å²) >= 11 is 0. The van der Waals surface area contributed by atoms with Gasteiger partial charge in [0.05, 0.1) is 24.8 Å². The predicted octanol–water partition coefficient (Wildman–Crippen LogP) is 2.86. The Hall–Kier alpha value is -4.20. The van der Waals surface area contributed by atoms with Gasteiger partial charge in [-0.1, -0.05) is 42.5 Å². The molecule has 160 valence electrons. The fourth-order valence-corrected chi connectivity index (χ4v) is 3.87. The molecule has 0 fully saturated rings. The van der Waals surface area contributed by atoms with E-state index in [0.717, 1.165) is 22.0 Å². The van der Waals surface area contributed by atoms with Crippen molar-refractivity contribution in [3.05, 3.63) is 94.3 Å². The number of para-hydroxylation sites is 1. The van der Waals surface area contributed by atoms with E-state index in [1.807, 2.05) is 55.5 Å². The third-order valence-corrected chi connectivity index (χ3v) is 5.67. The Morgan fingerprint density at radius 2 is 1.91 bits per heavy atom. The Morgan fingerprint density at radius 1 is 1.09 bits per heavy atom. The van der Waals surface area contributed by atoms with Crippen LogP contribution in [0.4, 0.5) is 0 Å². The summed E-state index contributed by atoms with van der Waals surface area (Å²) in [5.74, 6) is -0.160. The molecule has 0 radical (unpaired) electrons. The fourth-order valence-electron chi connectivity index (χ4n) is 3.87. The highest BCUT2D eigenvalue weighted by atomic mass is 16.1. The van der Waals surface area contributed by atoms with Gasteiger partial charge >= 0.3 is 0 Å². The number of benzene rings is 2. The minimum Gasteiger partial charge on any atom is -0.360 e. The second-order valence-corrected chi connectivity index (χ2v) is 7.71. The molecule has 0 spiro atoms. The van der Waals surface area contributed by atoms with E-state index in [1.54, 1.807) is 28.0 Å². The second-order valence-electron chi connectivity index (χ2n) is 7.71. The average Bonchev–Trinajstić information content (AvgIpc) is 3.42. The molecule has 3 aromatic heterocycles. The Labute approximate surface area is 183 Å². The molecule has 1 amide bonds. The molecule has 0 unspecified atom stereocenters. The number of carbonyl (C=O) groups excluding carboxylic acids is 1. The zero-order valence-corrected chi connectivity index (χ0v) is 17.6. The lowest BCUT2D eigenvalue weighted by molar-refractivity contribution is 0.0953. The molecule has 0 atom stereocenters. The number of aromatic nitrogens is 5. The molecule has 0 saturated carbocycles. The standard InChI is InChI=1S/C24H22N6O2/c1-16-6-2-3-7-17(16)14-29-15-27-22-20(24(29)32)13-28-30(22)11-10-25-23(31)19-12-26-21-9-5-4-8-18(19)21/h2-9,12-13,15,26H,10-11,14H2,1H3,(H,25,31). The smallest absolute Gasteiger partial charge is 0.264 e. The SMILES string of the molecule is Cc1ccccc1Cn1cnc2c(cnn2CCNC(=O)c2c[nH]c3ccccc23)c1=O. The molecule has 0 aliphatic carbocycles. The summed E-state index contributed by atoms with van der Waals surface area (Å²) in [4.78, 5) is 33.1. The molecule has 5 aromatic rings. The van der Waals surface area contributed by atoms with E-state index in [-0.39, 0.29) is 11.5 Å². The topological polar surface area (TPSA) is 97.6 Å². The van der Waals surface area contributed by atoms with Crippen LogP contribution in [0.2, 0.25) is 0 Å². The van der Waals surface area contributed by atoms with Crippen LogP contribution in [0.5, 0.6) is 0 Å². The number of hydrogen-bond acceptors (Lipinski definition) is 4. The van der Waals surface area contributed by atoms with Gasteiger partial charge in [-0.05, 0) is 24.1 Å². The van der Waals surface area contributed by atoms with E-state index >= 15 is 0 Å². The first-order valence-corrected chi connectivity index (χ1v) is 10.4. The van der Waals surface area contributed by atoms with Gasteiger partial charge in [-0.3, -0.25) is 14.2 Å². The van der Waals surface area contributed by atoms with E-state index in [4.69, 9.17) is 0 Å². The number of H-pyrrole nitrogens is 1. The maximum atomic E-state index is 12.9. The van der Waals surface area contributed by atoms with Crippen LogP contribution in [0.25, 0.3) is 21.9 Å². The van der Waals surface area contributed by atoms with Crippen molar-refractivity contribution >= 4 is 27.8 Å². The molecule has 0 bridgehead atoms. The maximum absolute atomic E-state index is 12.9. The highest BCUT2D eigenvalue weighted by molar-refractivity contribution is 6.06.